The van der Waals surface area contributed by atoms with Crippen LogP contribution in [0.2, 0.25) is 5.02 Å². The van der Waals surface area contributed by atoms with Gasteiger partial charge >= 0.3 is 0 Å². The molecule has 0 saturated carbocycles. The van der Waals surface area contributed by atoms with Gasteiger partial charge in [0.2, 0.25) is 5.91 Å². The molecule has 2 aromatic rings. The van der Waals surface area contributed by atoms with Crippen LogP contribution in [-0.4, -0.2) is 11.8 Å². The summed E-state index contributed by atoms with van der Waals surface area (Å²) in [6, 6.07) is 13.0. The topological polar surface area (TPSA) is 72.2 Å². The summed E-state index contributed by atoms with van der Waals surface area (Å²) in [6.45, 7) is 0. The minimum absolute atomic E-state index is 0.291. The molecule has 0 bridgehead atoms. The molecule has 0 atom stereocenters. The van der Waals surface area contributed by atoms with Gasteiger partial charge in [-0.3, -0.25) is 9.59 Å². The van der Waals surface area contributed by atoms with E-state index in [2.05, 4.69) is 5.32 Å². The van der Waals surface area contributed by atoms with Crippen molar-refractivity contribution in [2.45, 2.75) is 0 Å². The van der Waals surface area contributed by atoms with Crippen molar-refractivity contribution < 1.29 is 9.59 Å². The average Bonchev–Trinajstić information content (AvgIpc) is 2.39. The normalized spacial score (nSPS) is 9.95. The predicted molar refractivity (Wildman–Crippen MR) is 74.4 cm³/mol. The van der Waals surface area contributed by atoms with E-state index in [1.165, 1.54) is 6.07 Å². The van der Waals surface area contributed by atoms with Gasteiger partial charge in [-0.15, -0.1) is 0 Å². The van der Waals surface area contributed by atoms with Crippen LogP contribution in [-0.2, 0) is 0 Å². The standard InChI is InChI=1S/C14H11ClN2O2/c15-11-5-2-6-12(8-11)17-14(19)10-4-1-3-9(7-10)13(16)18/h1-8H,(H2,16,18)(H,17,19). The number of rotatable bonds is 3. The van der Waals surface area contributed by atoms with Crippen LogP contribution in [0.3, 0.4) is 0 Å². The lowest BCUT2D eigenvalue weighted by atomic mass is 10.1. The summed E-state index contributed by atoms with van der Waals surface area (Å²) in [4.78, 5) is 23.0. The van der Waals surface area contributed by atoms with E-state index in [-0.39, 0.29) is 5.91 Å². The minimum Gasteiger partial charge on any atom is -0.366 e. The Bertz CT molecular complexity index is 641. The molecule has 5 heteroatoms. The van der Waals surface area contributed by atoms with Crippen molar-refractivity contribution in [1.29, 1.82) is 0 Å². The highest BCUT2D eigenvalue weighted by atomic mass is 35.5. The number of hydrogen-bond donors (Lipinski definition) is 2. The highest BCUT2D eigenvalue weighted by Gasteiger charge is 2.08. The second-order valence-corrected chi connectivity index (χ2v) is 4.35. The van der Waals surface area contributed by atoms with Gasteiger partial charge < -0.3 is 11.1 Å². The third-order valence-electron chi connectivity index (χ3n) is 2.49. The molecular weight excluding hydrogens is 264 g/mol. The van der Waals surface area contributed by atoms with Gasteiger partial charge in [-0.2, -0.15) is 0 Å². The molecule has 2 aromatic carbocycles. The van der Waals surface area contributed by atoms with Crippen LogP contribution in [0.5, 0.6) is 0 Å². The summed E-state index contributed by atoms with van der Waals surface area (Å²) >= 11 is 5.83. The molecule has 0 aliphatic rings. The summed E-state index contributed by atoms with van der Waals surface area (Å²) in [5, 5.41) is 3.22. The van der Waals surface area contributed by atoms with E-state index in [1.54, 1.807) is 42.5 Å². The van der Waals surface area contributed by atoms with Gasteiger partial charge in [-0.05, 0) is 36.4 Å². The molecular formula is C14H11ClN2O2. The number of carbonyl (C=O) groups excluding carboxylic acids is 2. The van der Waals surface area contributed by atoms with Crippen LogP contribution in [0.1, 0.15) is 20.7 Å². The molecule has 4 nitrogen and oxygen atoms in total. The Hall–Kier alpha value is -2.33. The number of nitrogens with one attached hydrogen (secondary N) is 1. The molecule has 0 saturated heterocycles. The molecule has 0 aliphatic carbocycles. The fourth-order valence-corrected chi connectivity index (χ4v) is 1.77. The third kappa shape index (κ3) is 3.33. The van der Waals surface area contributed by atoms with Crippen LogP contribution < -0.4 is 11.1 Å². The first-order chi connectivity index (χ1) is 9.06. The zero-order chi connectivity index (χ0) is 13.8. The van der Waals surface area contributed by atoms with Crippen molar-refractivity contribution in [3.8, 4) is 0 Å². The van der Waals surface area contributed by atoms with Gasteiger partial charge in [0.25, 0.3) is 5.91 Å². The van der Waals surface area contributed by atoms with Gasteiger partial charge in [-0.1, -0.05) is 23.7 Å². The summed E-state index contributed by atoms with van der Waals surface area (Å²) in [7, 11) is 0. The van der Waals surface area contributed by atoms with Crippen molar-refractivity contribution in [3.05, 3.63) is 64.7 Å². The predicted octanol–water partition coefficient (Wildman–Crippen LogP) is 2.69. The molecule has 0 spiro atoms. The monoisotopic (exact) mass is 274 g/mol. The molecule has 0 aliphatic heterocycles. The zero-order valence-electron chi connectivity index (χ0n) is 9.89. The average molecular weight is 275 g/mol. The fraction of sp³-hybridized carbons (Fsp3) is 0. The largest absolute Gasteiger partial charge is 0.366 e. The van der Waals surface area contributed by atoms with E-state index in [9.17, 15) is 9.59 Å². The van der Waals surface area contributed by atoms with E-state index < -0.39 is 5.91 Å². The lowest BCUT2D eigenvalue weighted by Crippen LogP contribution is -2.15. The first kappa shape index (κ1) is 13.1. The molecule has 3 N–H and O–H groups in total. The maximum atomic E-state index is 12.0. The Kier molecular flexibility index (Phi) is 3.82. The lowest BCUT2D eigenvalue weighted by molar-refractivity contribution is 0.1000. The van der Waals surface area contributed by atoms with Crippen LogP contribution in [0.4, 0.5) is 5.69 Å². The summed E-state index contributed by atoms with van der Waals surface area (Å²) in [5.74, 6) is -0.900. The first-order valence-corrected chi connectivity index (χ1v) is 5.91. The smallest absolute Gasteiger partial charge is 0.255 e. The third-order valence-corrected chi connectivity index (χ3v) is 2.73. The van der Waals surface area contributed by atoms with Crippen molar-refractivity contribution in [1.82, 2.24) is 0 Å². The van der Waals surface area contributed by atoms with Gasteiger partial charge in [0.05, 0.1) is 0 Å². The molecule has 2 amide bonds. The fourth-order valence-electron chi connectivity index (χ4n) is 1.58. The van der Waals surface area contributed by atoms with Gasteiger partial charge in [-0.25, -0.2) is 0 Å². The van der Waals surface area contributed by atoms with E-state index in [4.69, 9.17) is 17.3 Å². The molecule has 2 rings (SSSR count). The number of amides is 2. The quantitative estimate of drug-likeness (QED) is 0.903. The number of halogens is 1. The van der Waals surface area contributed by atoms with Crippen molar-refractivity contribution in [3.63, 3.8) is 0 Å². The number of benzene rings is 2. The Morgan fingerprint density at radius 3 is 2.37 bits per heavy atom. The number of carbonyl (C=O) groups is 2. The maximum absolute atomic E-state index is 12.0. The molecule has 0 unspecified atom stereocenters. The number of primary amides is 1. The summed E-state index contributed by atoms with van der Waals surface area (Å²) in [6.07, 6.45) is 0. The van der Waals surface area contributed by atoms with Crippen LogP contribution in [0.25, 0.3) is 0 Å². The molecule has 96 valence electrons. The second-order valence-electron chi connectivity index (χ2n) is 3.91. The number of hydrogen-bond acceptors (Lipinski definition) is 2. The molecule has 0 fully saturated rings. The Morgan fingerprint density at radius 1 is 1.00 bits per heavy atom. The minimum atomic E-state index is -0.572. The van der Waals surface area contributed by atoms with Gasteiger partial charge in [0.15, 0.2) is 0 Å². The van der Waals surface area contributed by atoms with E-state index >= 15 is 0 Å². The van der Waals surface area contributed by atoms with Gasteiger partial charge in [0.1, 0.15) is 0 Å². The highest BCUT2D eigenvalue weighted by Crippen LogP contribution is 2.16. The van der Waals surface area contributed by atoms with E-state index in [0.717, 1.165) is 0 Å². The molecule has 0 heterocycles. The number of anilines is 1. The summed E-state index contributed by atoms with van der Waals surface area (Å²) in [5.41, 5.74) is 6.40. The van der Waals surface area contributed by atoms with Crippen molar-refractivity contribution >= 4 is 29.1 Å². The zero-order valence-corrected chi connectivity index (χ0v) is 10.6. The second kappa shape index (κ2) is 5.54. The number of nitrogens with two attached hydrogens (primary N) is 1. The molecule has 0 radical (unpaired) electrons. The van der Waals surface area contributed by atoms with Crippen LogP contribution in [0.15, 0.2) is 48.5 Å². The Labute approximate surface area is 115 Å². The molecule has 0 aromatic heterocycles. The lowest BCUT2D eigenvalue weighted by Gasteiger charge is -2.06. The molecule has 19 heavy (non-hydrogen) atoms. The highest BCUT2D eigenvalue weighted by molar-refractivity contribution is 6.31. The first-order valence-electron chi connectivity index (χ1n) is 5.53. The Morgan fingerprint density at radius 2 is 1.68 bits per heavy atom. The van der Waals surface area contributed by atoms with Crippen LogP contribution in [0, 0.1) is 0 Å². The summed E-state index contributed by atoms with van der Waals surface area (Å²) < 4.78 is 0. The maximum Gasteiger partial charge on any atom is 0.255 e. The van der Waals surface area contributed by atoms with Crippen LogP contribution >= 0.6 is 11.6 Å². The van der Waals surface area contributed by atoms with E-state index in [0.29, 0.717) is 21.8 Å². The van der Waals surface area contributed by atoms with Crippen molar-refractivity contribution in [2.75, 3.05) is 5.32 Å². The van der Waals surface area contributed by atoms with Gasteiger partial charge in [0, 0.05) is 21.8 Å². The van der Waals surface area contributed by atoms with E-state index in [1.807, 2.05) is 0 Å². The van der Waals surface area contributed by atoms with Crippen molar-refractivity contribution in [2.24, 2.45) is 5.73 Å². The Balaban J connectivity index is 2.20. The SMILES string of the molecule is NC(=O)c1cccc(C(=O)Nc2cccc(Cl)c2)c1.